The highest BCUT2D eigenvalue weighted by Gasteiger charge is 2.42. The van der Waals surface area contributed by atoms with E-state index in [4.69, 9.17) is 11.5 Å². The van der Waals surface area contributed by atoms with Crippen molar-refractivity contribution in [3.05, 3.63) is 30.6 Å². The molecule has 2 saturated heterocycles. The number of carbonyl (C=O) groups is 13. The number of aromatic nitrogens is 1. The number of quaternary nitrogens is 1. The Morgan fingerprint density at radius 2 is 1.30 bits per heavy atom. The van der Waals surface area contributed by atoms with Crippen molar-refractivity contribution in [2.45, 2.75) is 132 Å². The molecule has 421 valence electrons. The predicted octanol–water partition coefficient (Wildman–Crippen LogP) is -10.6. The third-order valence-corrected chi connectivity index (χ3v) is 13.9. The minimum Gasteiger partial charge on any atom is -0.548 e. The largest absolute Gasteiger partial charge is 0.548 e. The Kier molecular flexibility index (Phi) is 25.3. The maximum atomic E-state index is 14.2. The van der Waals surface area contributed by atoms with Crippen molar-refractivity contribution < 1.29 is 88.5 Å². The average Bonchev–Trinajstić information content (AvgIpc) is 4.06. The van der Waals surface area contributed by atoms with Crippen molar-refractivity contribution in [2.24, 2.45) is 11.5 Å². The molecule has 2 aliphatic heterocycles. The highest BCUT2D eigenvalue weighted by atomic mass is 33.1. The van der Waals surface area contributed by atoms with E-state index < -0.39 is 175 Å². The van der Waals surface area contributed by atoms with Gasteiger partial charge in [-0.3, -0.25) is 57.5 Å². The molecule has 12 atom stereocenters. The molecule has 31 nitrogen and oxygen atoms in total. The molecule has 12 amide bonds. The van der Waals surface area contributed by atoms with E-state index in [1.807, 2.05) is 5.32 Å². The van der Waals surface area contributed by atoms with Crippen molar-refractivity contribution in [1.82, 2.24) is 57.7 Å². The van der Waals surface area contributed by atoms with Crippen LogP contribution in [0.15, 0.2) is 18.5 Å². The van der Waals surface area contributed by atoms with Gasteiger partial charge in [0, 0.05) is 43.3 Å². The lowest BCUT2D eigenvalue weighted by atomic mass is 10.0. The van der Waals surface area contributed by atoms with E-state index in [9.17, 15) is 82.8 Å². The lowest BCUT2D eigenvalue weighted by Crippen LogP contribution is -2.63. The van der Waals surface area contributed by atoms with Gasteiger partial charge in [-0.05, 0) is 51.7 Å². The van der Waals surface area contributed by atoms with Crippen LogP contribution in [-0.2, 0) is 68.7 Å². The summed E-state index contributed by atoms with van der Waals surface area (Å²) < 4.78 is 0. The number of aliphatic hydroxyl groups excluding tert-OH is 3. The molecule has 20 N–H and O–H groups in total. The molecule has 1 radical (unpaired) electrons. The van der Waals surface area contributed by atoms with E-state index in [1.54, 1.807) is 6.07 Å². The molecule has 2 fully saturated rings. The Hall–Kier alpha value is -7.07. The van der Waals surface area contributed by atoms with Crippen molar-refractivity contribution in [3.8, 4) is 0 Å². The number of nitrogens with zero attached hydrogens (tertiary/aromatic N) is 1. The predicted molar refractivity (Wildman–Crippen MR) is 262 cm³/mol. The molecule has 1 aromatic rings. The number of nitrogens with one attached hydrogen (secondary N) is 10. The maximum absolute atomic E-state index is 14.2. The maximum Gasteiger partial charge on any atom is 0.275 e. The van der Waals surface area contributed by atoms with E-state index in [-0.39, 0.29) is 44.6 Å². The Bertz CT molecular complexity index is 2290. The van der Waals surface area contributed by atoms with Gasteiger partial charge in [0.25, 0.3) is 5.91 Å². The Balaban J connectivity index is 2.17. The number of rotatable bonds is 15. The number of carboxylic acid groups (broad SMARTS) is 1. The van der Waals surface area contributed by atoms with Crippen molar-refractivity contribution in [2.75, 3.05) is 24.6 Å². The molecule has 3 rings (SSSR count). The molecular weight excluding hydrogens is 1050 g/mol. The highest BCUT2D eigenvalue weighted by molar-refractivity contribution is 8.76. The fourth-order valence-corrected chi connectivity index (χ4v) is 9.82. The Morgan fingerprint density at radius 1 is 0.750 bits per heavy atom. The fraction of sp³-hybridized carbons (Fsp3) is 0.581. The number of carboxylic acids is 1. The van der Waals surface area contributed by atoms with Gasteiger partial charge in [-0.2, -0.15) is 0 Å². The zero-order valence-corrected chi connectivity index (χ0v) is 43.1. The number of aliphatic carboxylic acids is 1. The van der Waals surface area contributed by atoms with Gasteiger partial charge in [-0.15, -0.1) is 0 Å². The van der Waals surface area contributed by atoms with E-state index in [1.165, 1.54) is 19.3 Å². The first-order valence-corrected chi connectivity index (χ1v) is 26.1. The number of fused-ring (bicyclic) bond motifs is 1. The first-order valence-electron chi connectivity index (χ1n) is 23.6. The summed E-state index contributed by atoms with van der Waals surface area (Å²) in [5, 5.41) is 64.0. The van der Waals surface area contributed by atoms with Crippen LogP contribution in [0.1, 0.15) is 58.4 Å². The van der Waals surface area contributed by atoms with Crippen LogP contribution in [-0.4, -0.2) is 199 Å². The summed E-state index contributed by atoms with van der Waals surface area (Å²) in [5.41, 5.74) is 14.7. The number of aromatic amines is 1. The molecule has 0 bridgehead atoms. The summed E-state index contributed by atoms with van der Waals surface area (Å²) in [6.07, 6.45) is -4.31. The van der Waals surface area contributed by atoms with Gasteiger partial charge in [0.1, 0.15) is 54.4 Å². The number of carbonyl (C=O) groups excluding carboxylic acids is 13. The number of amides is 12. The van der Waals surface area contributed by atoms with Crippen LogP contribution in [0.3, 0.4) is 0 Å². The van der Waals surface area contributed by atoms with Crippen molar-refractivity contribution >= 4 is 98.4 Å². The standard InChI is InChI=1S/C43H65N14O17S2/c1-18(58)32-41(72)52-24(12-29(46)62)37(68)50-22(6-7-28(45)61)36(67)54-33(19(2)59)42(73)53-25(35(66)48-15-31(64)65)16-75-76-17-26(49-30(63)13-44)39(70)56-34(20(3)60)43(74)57-10-4-5-27(57)40(71)51-23(38(69)55-32)11-21-8-9-47-14-21/h8-9,14-15,18-20,22-27,32-34,47,58-60H,4-7,10-13,16-17,44H2,1-3H3,(H2,45,61)(H2,46,62)(H,48,66)(H,49,63)(H,50,68)(H,51,71)(H,52,72)(H,53,73)(H,54,67)(H,55,69)(H,56,70)(H,64,65). The average molecular weight is 1110 g/mol. The van der Waals surface area contributed by atoms with Crippen LogP contribution in [0.25, 0.3) is 0 Å². The summed E-state index contributed by atoms with van der Waals surface area (Å²) >= 11 is 0. The van der Waals surface area contributed by atoms with Crippen LogP contribution in [0.2, 0.25) is 0 Å². The molecule has 2 aliphatic rings. The van der Waals surface area contributed by atoms with Gasteiger partial charge in [-0.1, -0.05) is 21.6 Å². The molecule has 0 saturated carbocycles. The van der Waals surface area contributed by atoms with Crippen LogP contribution in [0.5, 0.6) is 0 Å². The SMILES string of the molecule is CC(O)C1NC(=O)C(CCC(N)=O)NC(=O)C(CC(N)=O)NC(=O)C(C(C)O)NC(=O)C(Cc2cc[nH]c2)NC(=O)C2CCCN2C(=O)C(C(C)O)NC(=O)C(NC(=O)C[NH3+])CSSCC(C(=O)N[CH]C(=O)[O-])NC1=O. The third-order valence-electron chi connectivity index (χ3n) is 11.5. The number of aliphatic hydroxyl groups is 3. The number of nitrogens with two attached hydrogens (primary N) is 2. The molecule has 76 heavy (non-hydrogen) atoms. The molecular formula is C43H65N14O17S2. The fourth-order valence-electron chi connectivity index (χ4n) is 7.50. The van der Waals surface area contributed by atoms with Gasteiger partial charge >= 0.3 is 0 Å². The first-order chi connectivity index (χ1) is 35.7. The Morgan fingerprint density at radius 3 is 1.86 bits per heavy atom. The molecule has 3 heterocycles. The molecule has 12 unspecified atom stereocenters. The second kappa shape index (κ2) is 30.5. The second-order valence-electron chi connectivity index (χ2n) is 17.6. The normalized spacial score (nSPS) is 26.6. The quantitative estimate of drug-likeness (QED) is 0.0725. The van der Waals surface area contributed by atoms with Gasteiger partial charge in [-0.25, -0.2) is 0 Å². The summed E-state index contributed by atoms with van der Waals surface area (Å²) in [5.74, 6) is -15.8. The minimum atomic E-state index is -1.98. The van der Waals surface area contributed by atoms with Gasteiger partial charge in [0.05, 0.1) is 37.2 Å². The summed E-state index contributed by atoms with van der Waals surface area (Å²) in [6.45, 7) is 3.09. The van der Waals surface area contributed by atoms with Gasteiger partial charge < -0.3 is 100 Å². The van der Waals surface area contributed by atoms with Crippen LogP contribution < -0.4 is 70.2 Å². The Labute approximate surface area is 442 Å². The second-order valence-corrected chi connectivity index (χ2v) is 20.2. The molecule has 0 aliphatic carbocycles. The molecule has 1 aromatic heterocycles. The molecule has 0 aromatic carbocycles. The minimum absolute atomic E-state index is 0.0318. The topological polar surface area (TPSA) is 513 Å². The number of hydrogen-bond acceptors (Lipinski definition) is 19. The lowest BCUT2D eigenvalue weighted by molar-refractivity contribution is -0.355. The summed E-state index contributed by atoms with van der Waals surface area (Å²) in [7, 11) is 1.60. The third kappa shape index (κ3) is 19.9. The smallest absolute Gasteiger partial charge is 0.275 e. The van der Waals surface area contributed by atoms with Crippen molar-refractivity contribution in [1.29, 1.82) is 0 Å². The van der Waals surface area contributed by atoms with Crippen LogP contribution in [0, 0.1) is 6.54 Å². The highest BCUT2D eigenvalue weighted by Crippen LogP contribution is 2.24. The summed E-state index contributed by atoms with van der Waals surface area (Å²) in [4.78, 5) is 177. The van der Waals surface area contributed by atoms with Crippen LogP contribution >= 0.6 is 21.6 Å². The summed E-state index contributed by atoms with van der Waals surface area (Å²) in [6, 6.07) is -14.0. The van der Waals surface area contributed by atoms with E-state index in [0.29, 0.717) is 5.56 Å². The zero-order chi connectivity index (χ0) is 57.0. The number of primary amides is 2. The molecule has 0 spiro atoms. The number of H-pyrrole nitrogens is 1. The van der Waals surface area contributed by atoms with Crippen molar-refractivity contribution in [3.63, 3.8) is 0 Å². The van der Waals surface area contributed by atoms with E-state index in [2.05, 4.69) is 53.3 Å². The molecule has 33 heteroatoms. The van der Waals surface area contributed by atoms with Gasteiger partial charge in [0.15, 0.2) is 6.54 Å². The van der Waals surface area contributed by atoms with Gasteiger partial charge in [0.2, 0.25) is 65.0 Å². The van der Waals surface area contributed by atoms with E-state index >= 15 is 0 Å². The number of hydrogen-bond donors (Lipinski definition) is 16. The first kappa shape index (κ1) is 63.2. The zero-order valence-electron chi connectivity index (χ0n) is 41.5. The van der Waals surface area contributed by atoms with E-state index in [0.717, 1.165) is 40.3 Å². The lowest BCUT2D eigenvalue weighted by Gasteiger charge is -2.32. The van der Waals surface area contributed by atoms with Crippen LogP contribution in [0.4, 0.5) is 0 Å². The monoisotopic (exact) mass is 1110 g/mol.